The van der Waals surface area contributed by atoms with E-state index in [0.717, 1.165) is 12.8 Å². The van der Waals surface area contributed by atoms with Gasteiger partial charge in [0.15, 0.2) is 0 Å². The fraction of sp³-hybridized carbons (Fsp3) is 0.185. The lowest BCUT2D eigenvalue weighted by atomic mass is 10.2. The molecule has 0 spiro atoms. The fourth-order valence-corrected chi connectivity index (χ4v) is 3.11. The Bertz CT molecular complexity index is 1110. The lowest BCUT2D eigenvalue weighted by Crippen LogP contribution is -2.24. The van der Waals surface area contributed by atoms with Gasteiger partial charge >= 0.3 is 5.97 Å². The summed E-state index contributed by atoms with van der Waals surface area (Å²) >= 11 is 0. The third-order valence-electron chi connectivity index (χ3n) is 4.88. The summed E-state index contributed by atoms with van der Waals surface area (Å²) < 4.78 is 5.38. The highest BCUT2D eigenvalue weighted by Crippen LogP contribution is 2.14. The van der Waals surface area contributed by atoms with Gasteiger partial charge in [-0.2, -0.15) is 5.10 Å². The molecule has 0 bridgehead atoms. The molecule has 0 unspecified atom stereocenters. The summed E-state index contributed by atoms with van der Waals surface area (Å²) in [4.78, 5) is 36.1. The van der Waals surface area contributed by atoms with Gasteiger partial charge in [-0.05, 0) is 54.8 Å². The second kappa shape index (κ2) is 13.3. The summed E-state index contributed by atoms with van der Waals surface area (Å²) in [7, 11) is 0. The van der Waals surface area contributed by atoms with Gasteiger partial charge in [-0.3, -0.25) is 9.59 Å². The number of hydrazone groups is 1. The van der Waals surface area contributed by atoms with E-state index in [1.54, 1.807) is 60.7 Å². The van der Waals surface area contributed by atoms with E-state index in [4.69, 9.17) is 4.74 Å². The molecule has 7 heteroatoms. The van der Waals surface area contributed by atoms with Crippen LogP contribution in [0.4, 0.5) is 0 Å². The minimum Gasteiger partial charge on any atom is -0.423 e. The maximum absolute atomic E-state index is 12.2. The van der Waals surface area contributed by atoms with Gasteiger partial charge in [-0.25, -0.2) is 10.2 Å². The van der Waals surface area contributed by atoms with Crippen molar-refractivity contribution in [2.45, 2.75) is 25.7 Å². The standard InChI is InChI=1S/C27H27N3O4/c31-25(17-8-3-9-18-28-26(32)22-12-4-1-5-13-22)30-29-20-21-11-10-16-24(19-21)34-27(33)23-14-6-2-7-15-23/h1-2,4-7,10-16,19-20H,3,8-9,17-18H2,(H,28,32)(H,30,31). The number of carbonyl (C=O) groups is 3. The molecule has 0 radical (unpaired) electrons. The summed E-state index contributed by atoms with van der Waals surface area (Å²) in [6.07, 6.45) is 4.16. The molecule has 7 nitrogen and oxygen atoms in total. The van der Waals surface area contributed by atoms with E-state index < -0.39 is 5.97 Å². The Hall–Kier alpha value is -4.26. The Balaban J connectivity index is 1.32. The molecule has 174 valence electrons. The minimum atomic E-state index is -0.442. The van der Waals surface area contributed by atoms with Crippen molar-refractivity contribution in [3.63, 3.8) is 0 Å². The molecule has 0 saturated heterocycles. The quantitative estimate of drug-likeness (QED) is 0.147. The number of rotatable bonds is 11. The molecule has 0 fully saturated rings. The molecule has 0 saturated carbocycles. The highest BCUT2D eigenvalue weighted by molar-refractivity contribution is 5.94. The van der Waals surface area contributed by atoms with Crippen molar-refractivity contribution >= 4 is 24.0 Å². The van der Waals surface area contributed by atoms with Crippen LogP contribution in [0.2, 0.25) is 0 Å². The second-order valence-corrected chi connectivity index (χ2v) is 7.55. The van der Waals surface area contributed by atoms with E-state index in [0.29, 0.717) is 41.8 Å². The molecule has 2 N–H and O–H groups in total. The zero-order valence-corrected chi connectivity index (χ0v) is 18.8. The van der Waals surface area contributed by atoms with Crippen molar-refractivity contribution in [2.75, 3.05) is 6.54 Å². The molecular formula is C27H27N3O4. The Labute approximate surface area is 198 Å². The average Bonchev–Trinajstić information content (AvgIpc) is 2.87. The van der Waals surface area contributed by atoms with Crippen molar-refractivity contribution in [3.8, 4) is 5.75 Å². The lowest BCUT2D eigenvalue weighted by molar-refractivity contribution is -0.121. The van der Waals surface area contributed by atoms with Gasteiger partial charge < -0.3 is 10.1 Å². The van der Waals surface area contributed by atoms with Crippen molar-refractivity contribution in [1.82, 2.24) is 10.7 Å². The maximum atomic E-state index is 12.2. The van der Waals surface area contributed by atoms with E-state index in [2.05, 4.69) is 15.8 Å². The molecule has 34 heavy (non-hydrogen) atoms. The zero-order chi connectivity index (χ0) is 24.0. The minimum absolute atomic E-state index is 0.0911. The Morgan fingerprint density at radius 3 is 2.24 bits per heavy atom. The monoisotopic (exact) mass is 457 g/mol. The van der Waals surface area contributed by atoms with E-state index >= 15 is 0 Å². The number of hydrogen-bond donors (Lipinski definition) is 2. The van der Waals surface area contributed by atoms with Gasteiger partial charge in [0.1, 0.15) is 5.75 Å². The van der Waals surface area contributed by atoms with Crippen LogP contribution in [0.25, 0.3) is 0 Å². The van der Waals surface area contributed by atoms with Crippen LogP contribution in [0.1, 0.15) is 52.0 Å². The van der Waals surface area contributed by atoms with Crippen LogP contribution in [-0.2, 0) is 4.79 Å². The van der Waals surface area contributed by atoms with Gasteiger partial charge in [0.05, 0.1) is 11.8 Å². The number of amides is 2. The van der Waals surface area contributed by atoms with Crippen LogP contribution in [0, 0.1) is 0 Å². The lowest BCUT2D eigenvalue weighted by Gasteiger charge is -2.05. The van der Waals surface area contributed by atoms with Gasteiger partial charge in [0.25, 0.3) is 5.91 Å². The number of ether oxygens (including phenoxy) is 1. The molecule has 2 amide bonds. The predicted octanol–water partition coefficient (Wildman–Crippen LogP) is 4.35. The SMILES string of the molecule is O=C(CCCCCNC(=O)c1ccccc1)NN=Cc1cccc(OC(=O)c2ccccc2)c1. The van der Waals surface area contributed by atoms with Crippen molar-refractivity contribution < 1.29 is 19.1 Å². The molecule has 3 aromatic rings. The van der Waals surface area contributed by atoms with Crippen LogP contribution in [-0.4, -0.2) is 30.5 Å². The van der Waals surface area contributed by atoms with Crippen molar-refractivity contribution in [2.24, 2.45) is 5.10 Å². The first-order valence-electron chi connectivity index (χ1n) is 11.1. The number of carbonyl (C=O) groups excluding carboxylic acids is 3. The van der Waals surface area contributed by atoms with Gasteiger partial charge in [-0.15, -0.1) is 0 Å². The number of unbranched alkanes of at least 4 members (excludes halogenated alkanes) is 2. The highest BCUT2D eigenvalue weighted by atomic mass is 16.5. The number of nitrogens with one attached hydrogen (secondary N) is 2. The molecule has 0 aliphatic carbocycles. The molecule has 0 heterocycles. The molecule has 0 aliphatic heterocycles. The first-order chi connectivity index (χ1) is 16.6. The topological polar surface area (TPSA) is 96.9 Å². The summed E-state index contributed by atoms with van der Waals surface area (Å²) in [5, 5.41) is 6.84. The third kappa shape index (κ3) is 8.35. The molecular weight excluding hydrogens is 430 g/mol. The smallest absolute Gasteiger partial charge is 0.343 e. The zero-order valence-electron chi connectivity index (χ0n) is 18.8. The largest absolute Gasteiger partial charge is 0.423 e. The third-order valence-corrected chi connectivity index (χ3v) is 4.88. The molecule has 0 aromatic heterocycles. The summed E-state index contributed by atoms with van der Waals surface area (Å²) in [5.41, 5.74) is 4.29. The Kier molecular flexibility index (Phi) is 9.56. The summed E-state index contributed by atoms with van der Waals surface area (Å²) in [6, 6.07) is 24.7. The molecule has 0 aliphatic rings. The average molecular weight is 458 g/mol. The number of nitrogens with zero attached hydrogens (tertiary/aromatic N) is 1. The number of hydrogen-bond acceptors (Lipinski definition) is 5. The number of benzene rings is 3. The predicted molar refractivity (Wildman–Crippen MR) is 131 cm³/mol. The Morgan fingerprint density at radius 2 is 1.50 bits per heavy atom. The van der Waals surface area contributed by atoms with Crippen LogP contribution in [0.5, 0.6) is 5.75 Å². The van der Waals surface area contributed by atoms with Crippen LogP contribution in [0.3, 0.4) is 0 Å². The van der Waals surface area contributed by atoms with E-state index in [1.165, 1.54) is 6.21 Å². The van der Waals surface area contributed by atoms with Crippen LogP contribution < -0.4 is 15.5 Å². The van der Waals surface area contributed by atoms with Crippen molar-refractivity contribution in [1.29, 1.82) is 0 Å². The molecule has 3 aromatic carbocycles. The van der Waals surface area contributed by atoms with Crippen molar-refractivity contribution in [3.05, 3.63) is 102 Å². The van der Waals surface area contributed by atoms with E-state index in [-0.39, 0.29) is 11.8 Å². The van der Waals surface area contributed by atoms with Gasteiger partial charge in [-0.1, -0.05) is 55.0 Å². The summed E-state index contributed by atoms with van der Waals surface area (Å²) in [5.74, 6) is -0.325. The normalized spacial score (nSPS) is 10.6. The summed E-state index contributed by atoms with van der Waals surface area (Å²) in [6.45, 7) is 0.568. The maximum Gasteiger partial charge on any atom is 0.343 e. The second-order valence-electron chi connectivity index (χ2n) is 7.55. The van der Waals surface area contributed by atoms with Crippen LogP contribution in [0.15, 0.2) is 90.0 Å². The number of esters is 1. The fourth-order valence-electron chi connectivity index (χ4n) is 3.11. The van der Waals surface area contributed by atoms with Gasteiger partial charge in [0.2, 0.25) is 5.91 Å². The van der Waals surface area contributed by atoms with E-state index in [1.807, 2.05) is 24.3 Å². The Morgan fingerprint density at radius 1 is 0.794 bits per heavy atom. The highest BCUT2D eigenvalue weighted by Gasteiger charge is 2.08. The van der Waals surface area contributed by atoms with E-state index in [9.17, 15) is 14.4 Å². The van der Waals surface area contributed by atoms with Crippen LogP contribution >= 0.6 is 0 Å². The van der Waals surface area contributed by atoms with Gasteiger partial charge in [0, 0.05) is 18.5 Å². The molecule has 3 rings (SSSR count). The first-order valence-corrected chi connectivity index (χ1v) is 11.1. The first kappa shape index (κ1) is 24.4. The molecule has 0 atom stereocenters.